The second kappa shape index (κ2) is 6.82. The van der Waals surface area contributed by atoms with Crippen LogP contribution in [-0.2, 0) is 14.5 Å². The summed E-state index contributed by atoms with van der Waals surface area (Å²) in [5, 5.41) is 1.29. The van der Waals surface area contributed by atoms with Crippen molar-refractivity contribution < 1.29 is 14.5 Å². The molecule has 0 atom stereocenters. The van der Waals surface area contributed by atoms with Gasteiger partial charge >= 0.3 is 0 Å². The Bertz CT molecular complexity index is 146. The molecule has 0 spiro atoms. The number of carbonyl (C=O) groups excluding carboxylic acids is 1. The van der Waals surface area contributed by atoms with Crippen LogP contribution in [-0.4, -0.2) is 39.3 Å². The smallest absolute Gasteiger partial charge is 0.248 e. The minimum atomic E-state index is 0.109. The highest BCUT2D eigenvalue weighted by Crippen LogP contribution is 2.30. The van der Waals surface area contributed by atoms with Gasteiger partial charge in [-0.05, 0) is 12.8 Å². The zero-order chi connectivity index (χ0) is 10.3. The van der Waals surface area contributed by atoms with Crippen molar-refractivity contribution in [3.8, 4) is 0 Å². The molecule has 0 bridgehead atoms. The lowest BCUT2D eigenvalue weighted by Crippen LogP contribution is -2.26. The van der Waals surface area contributed by atoms with E-state index in [0.29, 0.717) is 0 Å². The van der Waals surface area contributed by atoms with Gasteiger partial charge in [0.2, 0.25) is 5.91 Å². The average Bonchev–Trinajstić information content (AvgIpc) is 2.99. The second-order valence-electron chi connectivity index (χ2n) is 2.70. The number of nitrogens with zero attached hydrogens (tertiary/aromatic N) is 1. The number of amides is 1. The molecular weight excluding hydrogens is 172 g/mol. The molecule has 0 aromatic heterocycles. The predicted molar refractivity (Wildman–Crippen MR) is 48.6 cm³/mol. The van der Waals surface area contributed by atoms with Crippen molar-refractivity contribution in [3.05, 3.63) is 0 Å². The molecule has 0 unspecified atom stereocenters. The molecule has 1 aliphatic rings. The quantitative estimate of drug-likeness (QED) is 0.645. The van der Waals surface area contributed by atoms with E-state index in [1.165, 1.54) is 12.2 Å². The number of hydrogen-bond acceptors (Lipinski definition) is 4. The Labute approximate surface area is 78.9 Å². The Kier molecular flexibility index (Phi) is 6.48. The van der Waals surface area contributed by atoms with Gasteiger partial charge in [-0.1, -0.05) is 0 Å². The summed E-state index contributed by atoms with van der Waals surface area (Å²) in [5.74, 6) is 0.368. The van der Waals surface area contributed by atoms with E-state index in [4.69, 9.17) is 4.84 Å². The van der Waals surface area contributed by atoms with Crippen molar-refractivity contribution in [1.82, 2.24) is 10.5 Å². The summed E-state index contributed by atoms with van der Waals surface area (Å²) >= 11 is 0. The fourth-order valence-corrected chi connectivity index (χ4v) is 0.677. The number of nitrogens with one attached hydrogen (secondary N) is 1. The summed E-state index contributed by atoms with van der Waals surface area (Å²) in [4.78, 5) is 19.9. The first-order valence-electron chi connectivity index (χ1n) is 4.18. The molecule has 0 aromatic carbocycles. The predicted octanol–water partition coefficient (Wildman–Crippen LogP) is 0.183. The molecule has 78 valence electrons. The molecule has 1 rings (SSSR count). The van der Waals surface area contributed by atoms with E-state index in [9.17, 15) is 4.79 Å². The van der Waals surface area contributed by atoms with Crippen LogP contribution in [0.5, 0.6) is 0 Å². The van der Waals surface area contributed by atoms with Crippen LogP contribution in [0.2, 0.25) is 0 Å². The van der Waals surface area contributed by atoms with Crippen molar-refractivity contribution in [2.75, 3.05) is 28.3 Å². The van der Waals surface area contributed by atoms with E-state index >= 15 is 0 Å². The van der Waals surface area contributed by atoms with Crippen molar-refractivity contribution in [2.45, 2.75) is 12.8 Å². The number of rotatable bonds is 3. The first kappa shape index (κ1) is 12.3. The Morgan fingerprint density at radius 1 is 1.46 bits per heavy atom. The lowest BCUT2D eigenvalue weighted by molar-refractivity contribution is -0.170. The van der Waals surface area contributed by atoms with Gasteiger partial charge in [0.25, 0.3) is 0 Å². The molecule has 1 amide bonds. The number of hydrogen-bond donors (Lipinski definition) is 1. The molecule has 5 heteroatoms. The van der Waals surface area contributed by atoms with Crippen molar-refractivity contribution in [3.63, 3.8) is 0 Å². The normalized spacial score (nSPS) is 14.5. The van der Waals surface area contributed by atoms with E-state index in [1.807, 2.05) is 0 Å². The Balaban J connectivity index is 0.000000310. The summed E-state index contributed by atoms with van der Waals surface area (Å²) < 4.78 is 0. The van der Waals surface area contributed by atoms with Gasteiger partial charge in [0, 0.05) is 20.0 Å². The molecular formula is C8H18N2O3. The highest BCUT2D eigenvalue weighted by molar-refractivity contribution is 5.79. The number of hydroxylamine groups is 3. The minimum Gasteiger partial charge on any atom is -0.305 e. The van der Waals surface area contributed by atoms with E-state index in [1.54, 1.807) is 21.2 Å². The molecule has 0 heterocycles. The fraction of sp³-hybridized carbons (Fsp3) is 0.875. The number of carbonyl (C=O) groups is 1. The minimum absolute atomic E-state index is 0.109. The largest absolute Gasteiger partial charge is 0.305 e. The van der Waals surface area contributed by atoms with Crippen LogP contribution in [0.15, 0.2) is 0 Å². The van der Waals surface area contributed by atoms with Gasteiger partial charge in [0.05, 0.1) is 14.2 Å². The highest BCUT2D eigenvalue weighted by Gasteiger charge is 2.32. The van der Waals surface area contributed by atoms with Crippen LogP contribution in [0.3, 0.4) is 0 Å². The Morgan fingerprint density at radius 2 is 1.92 bits per heavy atom. The van der Waals surface area contributed by atoms with E-state index < -0.39 is 0 Å². The standard InChI is InChI=1S/C6H11NO2.C2H7NO/c1-7(9-2)6(8)5-3-4-5;1-3-4-2/h5H,3-4H2,1-2H3;3H,1-2H3. The van der Waals surface area contributed by atoms with Gasteiger partial charge in [-0.3, -0.25) is 9.63 Å². The van der Waals surface area contributed by atoms with Gasteiger partial charge in [-0.25, -0.2) is 10.5 Å². The molecule has 0 saturated heterocycles. The third-order valence-electron chi connectivity index (χ3n) is 1.71. The van der Waals surface area contributed by atoms with Crippen LogP contribution in [0.1, 0.15) is 12.8 Å². The third kappa shape index (κ3) is 5.57. The van der Waals surface area contributed by atoms with Crippen LogP contribution in [0.25, 0.3) is 0 Å². The molecule has 1 aliphatic carbocycles. The summed E-state index contributed by atoms with van der Waals surface area (Å²) in [5.41, 5.74) is 2.43. The molecule has 5 nitrogen and oxygen atoms in total. The van der Waals surface area contributed by atoms with Gasteiger partial charge in [0.1, 0.15) is 0 Å². The van der Waals surface area contributed by atoms with Crippen molar-refractivity contribution in [1.29, 1.82) is 0 Å². The molecule has 1 fully saturated rings. The summed E-state index contributed by atoms with van der Waals surface area (Å²) in [6, 6.07) is 0. The maximum Gasteiger partial charge on any atom is 0.248 e. The molecule has 1 N–H and O–H groups in total. The van der Waals surface area contributed by atoms with Crippen molar-refractivity contribution >= 4 is 5.91 Å². The average molecular weight is 190 g/mol. The van der Waals surface area contributed by atoms with E-state index in [-0.39, 0.29) is 11.8 Å². The maximum atomic E-state index is 10.9. The molecule has 1 saturated carbocycles. The van der Waals surface area contributed by atoms with Gasteiger partial charge in [-0.2, -0.15) is 0 Å². The lowest BCUT2D eigenvalue weighted by Gasteiger charge is -2.11. The summed E-state index contributed by atoms with van der Waals surface area (Å²) in [7, 11) is 6.42. The second-order valence-corrected chi connectivity index (χ2v) is 2.70. The first-order chi connectivity index (χ1) is 6.17. The summed E-state index contributed by atoms with van der Waals surface area (Å²) in [6.07, 6.45) is 2.07. The Morgan fingerprint density at radius 3 is 2.15 bits per heavy atom. The van der Waals surface area contributed by atoms with Crippen LogP contribution in [0, 0.1) is 5.92 Å². The molecule has 0 aliphatic heterocycles. The van der Waals surface area contributed by atoms with Crippen LogP contribution < -0.4 is 5.48 Å². The zero-order valence-corrected chi connectivity index (χ0v) is 8.66. The van der Waals surface area contributed by atoms with Gasteiger partial charge in [-0.15, -0.1) is 0 Å². The van der Waals surface area contributed by atoms with E-state index in [2.05, 4.69) is 10.3 Å². The lowest BCUT2D eigenvalue weighted by atomic mass is 10.4. The summed E-state index contributed by atoms with van der Waals surface area (Å²) in [6.45, 7) is 0. The monoisotopic (exact) mass is 190 g/mol. The molecule has 13 heavy (non-hydrogen) atoms. The zero-order valence-electron chi connectivity index (χ0n) is 8.66. The fourth-order valence-electron chi connectivity index (χ4n) is 0.677. The van der Waals surface area contributed by atoms with Crippen molar-refractivity contribution in [2.24, 2.45) is 5.92 Å². The SMILES string of the molecule is CNOC.CON(C)C(=O)C1CC1. The van der Waals surface area contributed by atoms with Gasteiger partial charge < -0.3 is 4.84 Å². The molecule has 0 radical (unpaired) electrons. The third-order valence-corrected chi connectivity index (χ3v) is 1.71. The maximum absolute atomic E-state index is 10.9. The van der Waals surface area contributed by atoms with E-state index in [0.717, 1.165) is 12.8 Å². The topological polar surface area (TPSA) is 50.8 Å². The van der Waals surface area contributed by atoms with Crippen LogP contribution >= 0.6 is 0 Å². The first-order valence-corrected chi connectivity index (χ1v) is 4.18. The van der Waals surface area contributed by atoms with Gasteiger partial charge in [0.15, 0.2) is 0 Å². The van der Waals surface area contributed by atoms with Crippen LogP contribution in [0.4, 0.5) is 0 Å². The highest BCUT2D eigenvalue weighted by atomic mass is 16.7. The Hall–Kier alpha value is -0.650. The molecule has 0 aromatic rings.